The van der Waals surface area contributed by atoms with Crippen LogP contribution >= 0.6 is 0 Å². The lowest BCUT2D eigenvalue weighted by Crippen LogP contribution is -2.81. The normalized spacial score (nSPS) is 26.0. The molecule has 12 nitrogen and oxygen atoms in total. The number of hydrogen-bond acceptors (Lipinski definition) is 9. The summed E-state index contributed by atoms with van der Waals surface area (Å²) in [4.78, 5) is 55.9. The summed E-state index contributed by atoms with van der Waals surface area (Å²) in [6, 6.07) is 14.8. The van der Waals surface area contributed by atoms with Gasteiger partial charge in [-0.1, -0.05) is 53.7 Å². The third-order valence-electron chi connectivity index (χ3n) is 6.23. The number of nitrogens with zero attached hydrogens (tertiary/aromatic N) is 2. The second kappa shape index (κ2) is 11.3. The first-order valence-corrected chi connectivity index (χ1v) is 12.0. The van der Waals surface area contributed by atoms with Crippen LogP contribution in [0.1, 0.15) is 29.8 Å². The zero-order valence-electron chi connectivity index (χ0n) is 20.8. The van der Waals surface area contributed by atoms with Crippen molar-refractivity contribution in [2.45, 2.75) is 50.2 Å². The van der Waals surface area contributed by atoms with Crippen molar-refractivity contribution in [2.75, 3.05) is 6.61 Å². The minimum absolute atomic E-state index is 0.0000277. The number of ether oxygens (including phenoxy) is 2. The van der Waals surface area contributed by atoms with Crippen molar-refractivity contribution in [1.82, 2.24) is 15.8 Å². The Hall–Kier alpha value is -4.45. The van der Waals surface area contributed by atoms with Crippen LogP contribution in [0.2, 0.25) is 0 Å². The lowest BCUT2D eigenvalue weighted by atomic mass is 9.80. The van der Waals surface area contributed by atoms with Crippen LogP contribution in [0, 0.1) is 0 Å². The van der Waals surface area contributed by atoms with Gasteiger partial charge >= 0.3 is 12.1 Å². The van der Waals surface area contributed by atoms with E-state index in [1.54, 1.807) is 61.5 Å². The van der Waals surface area contributed by atoms with Crippen molar-refractivity contribution >= 4 is 30.1 Å². The van der Waals surface area contributed by atoms with Gasteiger partial charge in [-0.25, -0.2) is 20.0 Å². The Morgan fingerprint density at radius 1 is 1.11 bits per heavy atom. The van der Waals surface area contributed by atoms with Crippen molar-refractivity contribution in [1.29, 1.82) is 0 Å². The monoisotopic (exact) mass is 524 g/mol. The van der Waals surface area contributed by atoms with E-state index in [0.717, 1.165) is 16.8 Å². The topological polar surface area (TPSA) is 156 Å². The van der Waals surface area contributed by atoms with Crippen molar-refractivity contribution in [3.8, 4) is 0 Å². The highest BCUT2D eigenvalue weighted by molar-refractivity contribution is 5.95. The van der Waals surface area contributed by atoms with Gasteiger partial charge in [0.15, 0.2) is 12.2 Å². The average molecular weight is 525 g/mol. The minimum atomic E-state index is -1.92. The summed E-state index contributed by atoms with van der Waals surface area (Å²) in [6.07, 6.45) is -2.37. The number of rotatable bonds is 8. The van der Waals surface area contributed by atoms with Crippen LogP contribution in [-0.4, -0.2) is 76.7 Å². The summed E-state index contributed by atoms with van der Waals surface area (Å²) in [5, 5.41) is 18.8. The van der Waals surface area contributed by atoms with E-state index in [0.29, 0.717) is 0 Å². The molecule has 2 aliphatic rings. The molecule has 200 valence electrons. The molecule has 3 N–H and O–H groups in total. The van der Waals surface area contributed by atoms with Crippen LogP contribution in [0.15, 0.2) is 65.8 Å². The second-order valence-electron chi connectivity index (χ2n) is 8.94. The second-order valence-corrected chi connectivity index (χ2v) is 8.94. The Morgan fingerprint density at radius 2 is 1.76 bits per heavy atom. The van der Waals surface area contributed by atoms with E-state index >= 15 is 0 Å². The summed E-state index contributed by atoms with van der Waals surface area (Å²) < 4.78 is 10.4. The van der Waals surface area contributed by atoms with Gasteiger partial charge in [0.2, 0.25) is 5.91 Å². The standard InChI is InChI=1S/C26H28N4O8/c1-3-36-25(34)29-30-21(20(23(30)32)28-19(31)14-16-10-6-4-7-11-16)22-26(2,35)18(15-27-38-22)37-24(33)17-12-8-5-9-13-17/h4-13,15,18,20-22,35H,3,14H2,1-2H3,(H,28,31)(H,29,34). The third-order valence-corrected chi connectivity index (χ3v) is 6.23. The minimum Gasteiger partial charge on any atom is -0.450 e. The highest BCUT2D eigenvalue weighted by atomic mass is 16.7. The number of carbonyl (C=O) groups excluding carboxylic acids is 4. The summed E-state index contributed by atoms with van der Waals surface area (Å²) in [6.45, 7) is 2.99. The molecule has 2 heterocycles. The van der Waals surface area contributed by atoms with E-state index < -0.39 is 53.8 Å². The van der Waals surface area contributed by atoms with Gasteiger partial charge in [-0.2, -0.15) is 0 Å². The van der Waals surface area contributed by atoms with Crippen LogP contribution in [0.25, 0.3) is 0 Å². The van der Waals surface area contributed by atoms with Gasteiger partial charge in [0.1, 0.15) is 17.7 Å². The van der Waals surface area contributed by atoms with Crippen LogP contribution < -0.4 is 10.7 Å². The number of benzene rings is 2. The highest BCUT2D eigenvalue weighted by Crippen LogP contribution is 2.34. The van der Waals surface area contributed by atoms with E-state index in [4.69, 9.17) is 14.3 Å². The number of β-lactam (4-membered cyclic amide) rings is 1. The number of aliphatic hydroxyl groups is 1. The van der Waals surface area contributed by atoms with E-state index in [1.807, 2.05) is 6.07 Å². The average Bonchev–Trinajstić information content (AvgIpc) is 2.90. The Labute approximate surface area is 218 Å². The zero-order valence-corrected chi connectivity index (χ0v) is 20.8. The number of hydrazine groups is 1. The summed E-state index contributed by atoms with van der Waals surface area (Å²) in [5.74, 6) is -1.82. The Morgan fingerprint density at radius 3 is 2.42 bits per heavy atom. The van der Waals surface area contributed by atoms with Gasteiger partial charge in [-0.3, -0.25) is 9.59 Å². The molecule has 0 aliphatic carbocycles. The van der Waals surface area contributed by atoms with E-state index in [2.05, 4.69) is 15.9 Å². The lowest BCUT2D eigenvalue weighted by molar-refractivity contribution is -0.207. The molecule has 2 aromatic rings. The van der Waals surface area contributed by atoms with Gasteiger partial charge in [0.05, 0.1) is 24.8 Å². The van der Waals surface area contributed by atoms with Crippen molar-refractivity contribution < 1.29 is 38.6 Å². The van der Waals surface area contributed by atoms with Gasteiger partial charge in [0, 0.05) is 0 Å². The molecule has 0 radical (unpaired) electrons. The molecule has 5 atom stereocenters. The molecule has 5 unspecified atom stereocenters. The molecule has 12 heteroatoms. The summed E-state index contributed by atoms with van der Waals surface area (Å²) in [7, 11) is 0. The quantitative estimate of drug-likeness (QED) is 0.340. The Kier molecular flexibility index (Phi) is 7.91. The molecule has 2 aliphatic heterocycles. The molecular formula is C26H28N4O8. The Bertz CT molecular complexity index is 1200. The smallest absolute Gasteiger partial charge is 0.426 e. The predicted octanol–water partition coefficient (Wildman–Crippen LogP) is 0.947. The maximum Gasteiger partial charge on any atom is 0.426 e. The number of esters is 1. The maximum atomic E-state index is 13.0. The van der Waals surface area contributed by atoms with Crippen molar-refractivity contribution in [2.24, 2.45) is 5.16 Å². The van der Waals surface area contributed by atoms with Crippen LogP contribution in [0.4, 0.5) is 4.79 Å². The molecule has 4 rings (SSSR count). The third kappa shape index (κ3) is 5.59. The van der Waals surface area contributed by atoms with Crippen LogP contribution in [-0.2, 0) is 30.3 Å². The van der Waals surface area contributed by atoms with Gasteiger partial charge in [0.25, 0.3) is 5.91 Å². The fourth-order valence-electron chi connectivity index (χ4n) is 4.26. The zero-order chi connectivity index (χ0) is 27.3. The van der Waals surface area contributed by atoms with Gasteiger partial charge in [-0.05, 0) is 31.5 Å². The number of oxime groups is 1. The first-order valence-electron chi connectivity index (χ1n) is 12.0. The fraction of sp³-hybridized carbons (Fsp3) is 0.346. The molecule has 3 amide bonds. The highest BCUT2D eigenvalue weighted by Gasteiger charge is 2.62. The molecule has 2 aromatic carbocycles. The summed E-state index contributed by atoms with van der Waals surface area (Å²) >= 11 is 0. The van der Waals surface area contributed by atoms with E-state index in [9.17, 15) is 24.3 Å². The molecule has 1 saturated heterocycles. The number of amides is 3. The lowest BCUT2D eigenvalue weighted by Gasteiger charge is -2.52. The largest absolute Gasteiger partial charge is 0.450 e. The molecular weight excluding hydrogens is 496 g/mol. The first kappa shape index (κ1) is 26.6. The van der Waals surface area contributed by atoms with Gasteiger partial charge < -0.3 is 24.7 Å². The number of carbonyl (C=O) groups is 4. The number of nitrogens with one attached hydrogen (secondary N) is 2. The van der Waals surface area contributed by atoms with E-state index in [-0.39, 0.29) is 18.6 Å². The number of hydrogen-bond donors (Lipinski definition) is 3. The van der Waals surface area contributed by atoms with Crippen LogP contribution in [0.3, 0.4) is 0 Å². The van der Waals surface area contributed by atoms with Crippen LogP contribution in [0.5, 0.6) is 0 Å². The molecule has 1 fully saturated rings. The van der Waals surface area contributed by atoms with E-state index in [1.165, 1.54) is 6.92 Å². The van der Waals surface area contributed by atoms with Crippen molar-refractivity contribution in [3.63, 3.8) is 0 Å². The summed E-state index contributed by atoms with van der Waals surface area (Å²) in [5.41, 5.74) is 1.37. The molecule has 0 saturated carbocycles. The first-order chi connectivity index (χ1) is 18.2. The fourth-order valence-corrected chi connectivity index (χ4v) is 4.26. The molecule has 0 spiro atoms. The van der Waals surface area contributed by atoms with Gasteiger partial charge in [-0.15, -0.1) is 0 Å². The maximum absolute atomic E-state index is 13.0. The Balaban J connectivity index is 1.54. The molecule has 0 aromatic heterocycles. The molecule has 38 heavy (non-hydrogen) atoms. The molecule has 0 bridgehead atoms. The SMILES string of the molecule is CCOC(=O)NN1C(=O)C(NC(=O)Cc2ccccc2)C1C1ON=CC(OC(=O)c2ccccc2)C1(C)O. The van der Waals surface area contributed by atoms with Crippen molar-refractivity contribution in [3.05, 3.63) is 71.8 Å². The predicted molar refractivity (Wildman–Crippen MR) is 133 cm³/mol.